The molecule has 8 heteroatoms. The van der Waals surface area contributed by atoms with Gasteiger partial charge in [0, 0.05) is 23.9 Å². The minimum absolute atomic E-state index is 0.0771. The maximum atomic E-state index is 12.6. The Morgan fingerprint density at radius 1 is 1.15 bits per heavy atom. The number of ketones is 1. The zero-order valence-electron chi connectivity index (χ0n) is 19.3. The average molecular weight is 461 g/mol. The molecule has 3 aromatic rings. The summed E-state index contributed by atoms with van der Waals surface area (Å²) in [6, 6.07) is 20.6. The van der Waals surface area contributed by atoms with Gasteiger partial charge in [-0.05, 0) is 43.3 Å². The van der Waals surface area contributed by atoms with Crippen LogP contribution < -0.4 is 24.6 Å². The Hall–Kier alpha value is -4.07. The van der Waals surface area contributed by atoms with Crippen LogP contribution in [0.1, 0.15) is 19.8 Å². The molecule has 0 aliphatic carbocycles. The number of carbonyl (C=O) groups excluding carboxylic acids is 2. The van der Waals surface area contributed by atoms with Crippen molar-refractivity contribution in [3.63, 3.8) is 0 Å². The van der Waals surface area contributed by atoms with Crippen LogP contribution in [0.5, 0.6) is 5.75 Å². The minimum Gasteiger partial charge on any atom is -0.711 e. The van der Waals surface area contributed by atoms with E-state index in [4.69, 9.17) is 4.74 Å². The number of rotatable bonds is 8. The first kappa shape index (κ1) is 23.1. The van der Waals surface area contributed by atoms with Crippen molar-refractivity contribution in [2.45, 2.75) is 25.9 Å². The highest BCUT2D eigenvalue weighted by molar-refractivity contribution is 5.92. The first-order valence-corrected chi connectivity index (χ1v) is 11.2. The molecule has 1 amide bonds. The average Bonchev–Trinajstić information content (AvgIpc) is 2.82. The van der Waals surface area contributed by atoms with E-state index >= 15 is 0 Å². The molecule has 0 radical (unpaired) electrons. The third kappa shape index (κ3) is 5.46. The minimum atomic E-state index is -0.247. The Balaban J connectivity index is 1.48. The second-order valence-corrected chi connectivity index (χ2v) is 8.38. The molecule has 0 saturated carbocycles. The van der Waals surface area contributed by atoms with Gasteiger partial charge in [-0.25, -0.2) is 4.73 Å². The van der Waals surface area contributed by atoms with E-state index in [1.165, 1.54) is 6.20 Å². The van der Waals surface area contributed by atoms with Gasteiger partial charge < -0.3 is 20.2 Å². The summed E-state index contributed by atoms with van der Waals surface area (Å²) in [5, 5.41) is 14.8. The predicted molar refractivity (Wildman–Crippen MR) is 132 cm³/mol. The maximum Gasteiger partial charge on any atom is 0.279 e. The third-order valence-corrected chi connectivity index (χ3v) is 5.67. The van der Waals surface area contributed by atoms with Crippen molar-refractivity contribution in [3.05, 3.63) is 78.1 Å². The van der Waals surface area contributed by atoms with E-state index in [1.54, 1.807) is 43.1 Å². The first-order chi connectivity index (χ1) is 16.4. The number of hydrogen-bond donors (Lipinski definition) is 1. The predicted octanol–water partition coefficient (Wildman–Crippen LogP) is 3.66. The van der Waals surface area contributed by atoms with Crippen molar-refractivity contribution in [2.24, 2.45) is 0 Å². The molecule has 1 aliphatic rings. The maximum absolute atomic E-state index is 12.6. The lowest BCUT2D eigenvalue weighted by molar-refractivity contribution is -0.592. The lowest BCUT2D eigenvalue weighted by Gasteiger charge is -2.36. The van der Waals surface area contributed by atoms with Crippen LogP contribution in [-0.4, -0.2) is 37.9 Å². The molecule has 0 bridgehead atoms. The number of nitrogens with zero attached hydrogens (tertiary/aromatic N) is 3. The summed E-state index contributed by atoms with van der Waals surface area (Å²) in [5.41, 5.74) is 2.47. The quantitative estimate of drug-likeness (QED) is 0.408. The van der Waals surface area contributed by atoms with Crippen LogP contribution >= 0.6 is 0 Å². The fourth-order valence-corrected chi connectivity index (χ4v) is 4.03. The van der Waals surface area contributed by atoms with Crippen LogP contribution in [0.2, 0.25) is 0 Å². The van der Waals surface area contributed by atoms with Crippen LogP contribution in [0.4, 0.5) is 22.9 Å². The number of amides is 1. The second kappa shape index (κ2) is 10.2. The Morgan fingerprint density at radius 3 is 2.65 bits per heavy atom. The number of aromatic nitrogens is 1. The zero-order chi connectivity index (χ0) is 24.1. The van der Waals surface area contributed by atoms with Gasteiger partial charge >= 0.3 is 0 Å². The number of anilines is 4. The molecular weight excluding hydrogens is 432 g/mol. The molecule has 34 heavy (non-hydrogen) atoms. The van der Waals surface area contributed by atoms with Crippen molar-refractivity contribution in [2.75, 3.05) is 35.3 Å². The number of carbonyl (C=O) groups is 2. The highest BCUT2D eigenvalue weighted by Crippen LogP contribution is 2.40. The van der Waals surface area contributed by atoms with Gasteiger partial charge in [-0.1, -0.05) is 24.3 Å². The SMILES string of the molecule is CC(=O)CC1CN(c2ccccc2)c2cc(NC(=O)CCN(C)c3cccc[n+]3[O-])ccc2O1. The van der Waals surface area contributed by atoms with Crippen molar-refractivity contribution in [1.82, 2.24) is 0 Å². The third-order valence-electron chi connectivity index (χ3n) is 5.67. The molecule has 4 rings (SSSR count). The van der Waals surface area contributed by atoms with Crippen molar-refractivity contribution in [3.8, 4) is 5.75 Å². The summed E-state index contributed by atoms with van der Waals surface area (Å²) in [6.45, 7) is 2.50. The van der Waals surface area contributed by atoms with E-state index in [9.17, 15) is 14.8 Å². The van der Waals surface area contributed by atoms with Gasteiger partial charge in [-0.2, -0.15) is 0 Å². The monoisotopic (exact) mass is 460 g/mol. The molecule has 1 atom stereocenters. The lowest BCUT2D eigenvalue weighted by atomic mass is 10.1. The molecule has 1 aliphatic heterocycles. The summed E-state index contributed by atoms with van der Waals surface area (Å²) >= 11 is 0. The van der Waals surface area contributed by atoms with Gasteiger partial charge in [-0.3, -0.25) is 14.5 Å². The summed E-state index contributed by atoms with van der Waals surface area (Å²) in [7, 11) is 1.78. The molecule has 0 spiro atoms. The smallest absolute Gasteiger partial charge is 0.279 e. The molecule has 2 heterocycles. The highest BCUT2D eigenvalue weighted by Gasteiger charge is 2.28. The second-order valence-electron chi connectivity index (χ2n) is 8.38. The number of fused-ring (bicyclic) bond motifs is 1. The van der Waals surface area contributed by atoms with Crippen LogP contribution in [0.15, 0.2) is 72.9 Å². The number of Topliss-reactive ketones (excluding diaryl/α,β-unsaturated/α-hetero) is 1. The number of pyridine rings is 1. The lowest BCUT2D eigenvalue weighted by Crippen LogP contribution is -2.38. The fourth-order valence-electron chi connectivity index (χ4n) is 4.03. The zero-order valence-corrected chi connectivity index (χ0v) is 19.3. The van der Waals surface area contributed by atoms with E-state index in [0.29, 0.717) is 36.8 Å². The largest absolute Gasteiger partial charge is 0.711 e. The summed E-state index contributed by atoms with van der Waals surface area (Å²) in [4.78, 5) is 28.2. The molecule has 1 unspecified atom stereocenters. The van der Waals surface area contributed by atoms with Crippen molar-refractivity contribution < 1.29 is 19.1 Å². The normalized spacial score (nSPS) is 14.6. The van der Waals surface area contributed by atoms with Gasteiger partial charge in [0.05, 0.1) is 38.4 Å². The van der Waals surface area contributed by atoms with Crippen LogP contribution in [-0.2, 0) is 9.59 Å². The summed E-state index contributed by atoms with van der Waals surface area (Å²) in [6.07, 6.45) is 1.74. The van der Waals surface area contributed by atoms with Crippen LogP contribution in [0.25, 0.3) is 0 Å². The van der Waals surface area contributed by atoms with Gasteiger partial charge in [0.2, 0.25) is 5.91 Å². The number of benzene rings is 2. The van der Waals surface area contributed by atoms with E-state index in [2.05, 4.69) is 10.2 Å². The van der Waals surface area contributed by atoms with E-state index < -0.39 is 0 Å². The number of para-hydroxylation sites is 1. The van der Waals surface area contributed by atoms with Gasteiger partial charge in [0.25, 0.3) is 5.82 Å². The van der Waals surface area contributed by atoms with Gasteiger partial charge in [0.15, 0.2) is 0 Å². The molecular formula is C26H28N4O4. The van der Waals surface area contributed by atoms with Crippen LogP contribution in [0, 0.1) is 5.21 Å². The Labute approximate surface area is 199 Å². The topological polar surface area (TPSA) is 88.8 Å². The number of ether oxygens (including phenoxy) is 1. The Bertz CT molecular complexity index is 1170. The molecule has 8 nitrogen and oxygen atoms in total. The van der Waals surface area contributed by atoms with E-state index in [-0.39, 0.29) is 24.2 Å². The molecule has 0 saturated heterocycles. The molecule has 176 valence electrons. The fraction of sp³-hybridized carbons (Fsp3) is 0.269. The van der Waals surface area contributed by atoms with Crippen molar-refractivity contribution >= 4 is 34.6 Å². The molecule has 0 fully saturated rings. The summed E-state index contributed by atoms with van der Waals surface area (Å²) < 4.78 is 6.86. The standard InChI is InChI=1S/C26H28N4O4/c1-19(31)16-22-18-29(21-8-4-3-5-9-21)23-17-20(11-12-24(23)34-22)27-25(32)13-15-28(2)26-10-6-7-14-30(26)33/h3-12,14,17,22H,13,15-16,18H2,1-2H3,(H,27,32). The summed E-state index contributed by atoms with van der Waals surface area (Å²) in [5.74, 6) is 1.08. The highest BCUT2D eigenvalue weighted by atomic mass is 16.5. The van der Waals surface area contributed by atoms with Crippen molar-refractivity contribution in [1.29, 1.82) is 0 Å². The van der Waals surface area contributed by atoms with Gasteiger partial charge in [0.1, 0.15) is 17.6 Å². The van der Waals surface area contributed by atoms with E-state index in [0.717, 1.165) is 16.1 Å². The Morgan fingerprint density at radius 2 is 1.91 bits per heavy atom. The van der Waals surface area contributed by atoms with Gasteiger partial charge in [-0.15, -0.1) is 0 Å². The Kier molecular flexibility index (Phi) is 6.96. The first-order valence-electron chi connectivity index (χ1n) is 11.2. The molecule has 1 N–H and O–H groups in total. The van der Waals surface area contributed by atoms with Crippen LogP contribution in [0.3, 0.4) is 0 Å². The number of nitrogens with one attached hydrogen (secondary N) is 1. The van der Waals surface area contributed by atoms with E-state index in [1.807, 2.05) is 42.5 Å². The number of hydrogen-bond acceptors (Lipinski definition) is 6. The molecule has 2 aromatic carbocycles. The molecule has 1 aromatic heterocycles.